The van der Waals surface area contributed by atoms with Gasteiger partial charge in [-0.15, -0.1) is 36.6 Å². The van der Waals surface area contributed by atoms with Gasteiger partial charge in [-0.3, -0.25) is 5.41 Å². The minimum absolute atomic E-state index is 0. The molecule has 0 spiro atoms. The van der Waals surface area contributed by atoms with E-state index in [1.165, 1.54) is 0 Å². The predicted molar refractivity (Wildman–Crippen MR) is 99.0 cm³/mol. The average Bonchev–Trinajstić information content (AvgIpc) is 2.78. The molecule has 0 fully saturated rings. The summed E-state index contributed by atoms with van der Waals surface area (Å²) in [5.74, 6) is 0. The fraction of sp³-hybridized carbons (Fsp3) is 0. The zero-order valence-corrected chi connectivity index (χ0v) is 13.8. The molecule has 0 unspecified atom stereocenters. The third kappa shape index (κ3) is 2.83. The number of hydrogen-bond donors (Lipinski definition) is 3. The fourth-order valence-electron chi connectivity index (χ4n) is 2.21. The van der Waals surface area contributed by atoms with Crippen molar-refractivity contribution in [1.82, 2.24) is 4.57 Å². The number of fused-ring (bicyclic) bond motifs is 1. The molecule has 0 radical (unpaired) electrons. The summed E-state index contributed by atoms with van der Waals surface area (Å²) >= 11 is 3.99. The highest BCUT2D eigenvalue weighted by atomic mass is 127. The minimum atomic E-state index is 0. The molecule has 1 heterocycles. The molecule has 20 heavy (non-hydrogen) atoms. The largest absolute Gasteiger partial charge is 0.334 e. The smallest absolute Gasteiger partial charge is 0.155 e. The van der Waals surface area contributed by atoms with Crippen LogP contribution in [0, 0.1) is 5.41 Å². The maximum Gasteiger partial charge on any atom is 0.155 e. The van der Waals surface area contributed by atoms with Crippen LogP contribution in [0.2, 0.25) is 0 Å². The Morgan fingerprint density at radius 3 is 2.35 bits per heavy atom. The quantitative estimate of drug-likeness (QED) is 0.254. The molecule has 0 aliphatic rings. The summed E-state index contributed by atoms with van der Waals surface area (Å²) < 4.78 is 2.11. The van der Waals surface area contributed by atoms with Crippen molar-refractivity contribution < 1.29 is 0 Å². The van der Waals surface area contributed by atoms with Crippen molar-refractivity contribution in [3.63, 3.8) is 0 Å². The van der Waals surface area contributed by atoms with Crippen molar-refractivity contribution in [2.45, 2.75) is 0 Å². The molecule has 5 heteroatoms. The summed E-state index contributed by atoms with van der Waals surface area (Å²) in [5.41, 5.74) is 3.09. The molecular weight excluding hydrogens is 381 g/mol. The number of benzene rings is 2. The molecule has 3 aromatic rings. The number of anilines is 1. The molecule has 2 aromatic carbocycles. The zero-order chi connectivity index (χ0) is 13.2. The molecule has 0 amide bonds. The van der Waals surface area contributed by atoms with E-state index in [4.69, 9.17) is 5.41 Å². The summed E-state index contributed by atoms with van der Waals surface area (Å²) in [4.78, 5) is 0. The molecular formula is C15H14IN3S. The van der Waals surface area contributed by atoms with E-state index in [1.807, 2.05) is 42.6 Å². The Kier molecular flexibility index (Phi) is 4.72. The Morgan fingerprint density at radius 1 is 1.00 bits per heavy atom. The maximum atomic E-state index is 7.46. The van der Waals surface area contributed by atoms with E-state index in [-0.39, 0.29) is 29.1 Å². The van der Waals surface area contributed by atoms with Gasteiger partial charge in [0.25, 0.3) is 0 Å². The van der Waals surface area contributed by atoms with Crippen LogP contribution in [-0.2, 0) is 0 Å². The van der Waals surface area contributed by atoms with Crippen molar-refractivity contribution >= 4 is 58.4 Å². The van der Waals surface area contributed by atoms with Crippen LogP contribution in [0.3, 0.4) is 0 Å². The van der Waals surface area contributed by atoms with Crippen LogP contribution >= 0.6 is 36.6 Å². The van der Waals surface area contributed by atoms with Gasteiger partial charge < -0.3 is 9.88 Å². The second-order valence-electron chi connectivity index (χ2n) is 4.24. The highest BCUT2D eigenvalue weighted by molar-refractivity contribution is 14.0. The van der Waals surface area contributed by atoms with Gasteiger partial charge >= 0.3 is 0 Å². The molecule has 0 bridgehead atoms. The summed E-state index contributed by atoms with van der Waals surface area (Å²) in [6.07, 6.45) is 1.99. The number of halogens is 1. The second-order valence-corrected chi connectivity index (χ2v) is 4.69. The van der Waals surface area contributed by atoms with Crippen LogP contribution < -0.4 is 5.32 Å². The highest BCUT2D eigenvalue weighted by Gasteiger charge is 2.09. The Morgan fingerprint density at radius 2 is 1.65 bits per heavy atom. The monoisotopic (exact) mass is 395 g/mol. The first kappa shape index (κ1) is 14.9. The first-order valence-corrected chi connectivity index (χ1v) is 6.40. The third-order valence-corrected chi connectivity index (χ3v) is 3.11. The lowest BCUT2D eigenvalue weighted by Crippen LogP contribution is -2.01. The van der Waals surface area contributed by atoms with Crippen molar-refractivity contribution in [2.24, 2.45) is 0 Å². The van der Waals surface area contributed by atoms with Gasteiger partial charge in [0.1, 0.15) is 0 Å². The van der Waals surface area contributed by atoms with Crippen LogP contribution in [0.1, 0.15) is 0 Å². The molecule has 3 nitrogen and oxygen atoms in total. The van der Waals surface area contributed by atoms with E-state index in [0.29, 0.717) is 0 Å². The van der Waals surface area contributed by atoms with E-state index in [1.54, 1.807) is 0 Å². The molecule has 0 aliphatic carbocycles. The lowest BCUT2D eigenvalue weighted by molar-refractivity contribution is 1.13. The predicted octanol–water partition coefficient (Wildman–Crippen LogP) is 4.52. The lowest BCUT2D eigenvalue weighted by atomic mass is 10.2. The maximum absolute atomic E-state index is 7.46. The van der Waals surface area contributed by atoms with E-state index in [9.17, 15) is 0 Å². The van der Waals surface area contributed by atoms with Gasteiger partial charge in [0.15, 0.2) is 5.17 Å². The van der Waals surface area contributed by atoms with Gasteiger partial charge in [0.2, 0.25) is 0 Å². The van der Waals surface area contributed by atoms with Crippen LogP contribution in [0.5, 0.6) is 0 Å². The lowest BCUT2D eigenvalue weighted by Gasteiger charge is -2.03. The van der Waals surface area contributed by atoms with Gasteiger partial charge in [0.05, 0.1) is 11.2 Å². The number of para-hydroxylation sites is 2. The molecule has 0 atom stereocenters. The average molecular weight is 395 g/mol. The summed E-state index contributed by atoms with van der Waals surface area (Å²) in [7, 11) is 0. The summed E-state index contributed by atoms with van der Waals surface area (Å²) in [6, 6.07) is 18.2. The van der Waals surface area contributed by atoms with Crippen LogP contribution in [-0.4, -0.2) is 9.73 Å². The SMILES string of the molecule is I.N=C(S)Nc1cn(-c2ccccc2)c2ccccc12. The number of rotatable bonds is 2. The van der Waals surface area contributed by atoms with Gasteiger partial charge in [0, 0.05) is 17.3 Å². The van der Waals surface area contributed by atoms with Crippen LogP contribution in [0.15, 0.2) is 60.8 Å². The van der Waals surface area contributed by atoms with Gasteiger partial charge in [-0.2, -0.15) is 0 Å². The molecule has 0 saturated heterocycles. The van der Waals surface area contributed by atoms with Crippen molar-refractivity contribution in [3.05, 3.63) is 60.8 Å². The standard InChI is InChI=1S/C15H13N3S.HI/c16-15(19)17-13-10-18(11-6-2-1-3-7-11)14-9-5-4-8-12(13)14;/h1-10H,(H3,16,17,19);1H. The van der Waals surface area contributed by atoms with E-state index < -0.39 is 0 Å². The van der Waals surface area contributed by atoms with E-state index >= 15 is 0 Å². The molecule has 3 rings (SSSR count). The number of aromatic nitrogens is 1. The highest BCUT2D eigenvalue weighted by Crippen LogP contribution is 2.28. The van der Waals surface area contributed by atoms with E-state index in [2.05, 4.69) is 40.7 Å². The van der Waals surface area contributed by atoms with E-state index in [0.717, 1.165) is 22.3 Å². The third-order valence-electron chi connectivity index (χ3n) is 3.00. The number of hydrogen-bond acceptors (Lipinski definition) is 1. The number of thiol groups is 1. The fourth-order valence-corrected chi connectivity index (χ4v) is 2.33. The molecule has 2 N–H and O–H groups in total. The van der Waals surface area contributed by atoms with Crippen molar-refractivity contribution in [2.75, 3.05) is 5.32 Å². The second kappa shape index (κ2) is 6.32. The van der Waals surface area contributed by atoms with Crippen molar-refractivity contribution in [3.8, 4) is 5.69 Å². The molecule has 102 valence electrons. The van der Waals surface area contributed by atoms with Crippen LogP contribution in [0.4, 0.5) is 5.69 Å². The summed E-state index contributed by atoms with van der Waals surface area (Å²) in [5, 5.41) is 11.6. The number of nitrogens with one attached hydrogen (secondary N) is 2. The Balaban J connectivity index is 0.00000147. The Hall–Kier alpha value is -1.47. The zero-order valence-electron chi connectivity index (χ0n) is 10.6. The summed E-state index contributed by atoms with van der Waals surface area (Å²) in [6.45, 7) is 0. The number of nitrogens with zero attached hydrogens (tertiary/aromatic N) is 1. The Bertz CT molecular complexity index is 737. The minimum Gasteiger partial charge on any atom is -0.334 e. The van der Waals surface area contributed by atoms with Crippen molar-refractivity contribution in [1.29, 1.82) is 5.41 Å². The first-order valence-electron chi connectivity index (χ1n) is 5.96. The van der Waals surface area contributed by atoms with Gasteiger partial charge in [-0.25, -0.2) is 0 Å². The van der Waals surface area contributed by atoms with Gasteiger partial charge in [-0.1, -0.05) is 36.4 Å². The normalized spacial score (nSPS) is 10.1. The Labute approximate surface area is 139 Å². The van der Waals surface area contributed by atoms with Crippen LogP contribution in [0.25, 0.3) is 16.6 Å². The number of amidine groups is 1. The molecule has 1 aromatic heterocycles. The first-order chi connectivity index (χ1) is 9.25. The molecule has 0 aliphatic heterocycles. The van der Waals surface area contributed by atoms with Gasteiger partial charge in [-0.05, 0) is 18.2 Å². The topological polar surface area (TPSA) is 40.8 Å². The molecule has 0 saturated carbocycles.